The highest BCUT2D eigenvalue weighted by atomic mass is 16.7. The molecule has 0 aliphatic carbocycles. The largest absolute Gasteiger partial charge is 0.490 e. The van der Waals surface area contributed by atoms with Crippen LogP contribution in [0.2, 0.25) is 0 Å². The van der Waals surface area contributed by atoms with Crippen molar-refractivity contribution in [2.24, 2.45) is 0 Å². The van der Waals surface area contributed by atoms with Crippen molar-refractivity contribution >= 4 is 0 Å². The maximum atomic E-state index is 10.2. The van der Waals surface area contributed by atoms with Crippen LogP contribution in [0.3, 0.4) is 0 Å². The summed E-state index contributed by atoms with van der Waals surface area (Å²) in [7, 11) is 0. The summed E-state index contributed by atoms with van der Waals surface area (Å²) in [5.41, 5.74) is 3.13. The molecule has 0 fully saturated rings. The molecule has 0 amide bonds. The average Bonchev–Trinajstić information content (AvgIpc) is 2.91. The second-order valence-electron chi connectivity index (χ2n) is 5.26. The number of aliphatic hydroxyl groups is 1. The van der Waals surface area contributed by atoms with Crippen molar-refractivity contribution in [2.45, 2.75) is 20.0 Å². The Kier molecular flexibility index (Phi) is 3.71. The molecule has 2 aromatic rings. The number of rotatable bonds is 4. The zero-order chi connectivity index (χ0) is 14.8. The molecule has 0 radical (unpaired) electrons. The SMILES string of the molecule is Cc1cc(C)cc(C(O)COc2ccc3c(c2)OCO3)c1. The van der Waals surface area contributed by atoms with Gasteiger partial charge >= 0.3 is 0 Å². The van der Waals surface area contributed by atoms with Gasteiger partial charge in [0.05, 0.1) is 0 Å². The summed E-state index contributed by atoms with van der Waals surface area (Å²) in [6, 6.07) is 11.4. The molecule has 4 heteroatoms. The summed E-state index contributed by atoms with van der Waals surface area (Å²) in [5.74, 6) is 2.05. The van der Waals surface area contributed by atoms with Crippen LogP contribution in [0.15, 0.2) is 36.4 Å². The van der Waals surface area contributed by atoms with E-state index in [9.17, 15) is 5.11 Å². The van der Waals surface area contributed by atoms with Crippen molar-refractivity contribution in [3.63, 3.8) is 0 Å². The fraction of sp³-hybridized carbons (Fsp3) is 0.294. The van der Waals surface area contributed by atoms with E-state index in [1.165, 1.54) is 0 Å². The normalized spacial score (nSPS) is 14.0. The van der Waals surface area contributed by atoms with Gasteiger partial charge in [-0.15, -0.1) is 0 Å². The van der Waals surface area contributed by atoms with Crippen LogP contribution in [0.5, 0.6) is 17.2 Å². The summed E-state index contributed by atoms with van der Waals surface area (Å²) >= 11 is 0. The van der Waals surface area contributed by atoms with Gasteiger partial charge in [0.1, 0.15) is 18.5 Å². The number of hydrogen-bond donors (Lipinski definition) is 1. The number of aryl methyl sites for hydroxylation is 2. The Morgan fingerprint density at radius 1 is 1.05 bits per heavy atom. The molecule has 0 spiro atoms. The highest BCUT2D eigenvalue weighted by Gasteiger charge is 2.15. The molecule has 4 nitrogen and oxygen atoms in total. The lowest BCUT2D eigenvalue weighted by atomic mass is 10.0. The summed E-state index contributed by atoms with van der Waals surface area (Å²) in [6.45, 7) is 4.47. The summed E-state index contributed by atoms with van der Waals surface area (Å²) < 4.78 is 16.2. The number of aliphatic hydroxyl groups excluding tert-OH is 1. The zero-order valence-corrected chi connectivity index (χ0v) is 12.1. The molecule has 1 N–H and O–H groups in total. The lowest BCUT2D eigenvalue weighted by Crippen LogP contribution is -2.10. The Hall–Kier alpha value is -2.20. The van der Waals surface area contributed by atoms with Crippen LogP contribution in [0.25, 0.3) is 0 Å². The van der Waals surface area contributed by atoms with Crippen molar-refractivity contribution < 1.29 is 19.3 Å². The molecule has 2 aromatic carbocycles. The maximum absolute atomic E-state index is 10.2. The van der Waals surface area contributed by atoms with Gasteiger partial charge in [-0.2, -0.15) is 0 Å². The lowest BCUT2D eigenvalue weighted by molar-refractivity contribution is 0.108. The van der Waals surface area contributed by atoms with Gasteiger partial charge in [-0.25, -0.2) is 0 Å². The van der Waals surface area contributed by atoms with E-state index in [4.69, 9.17) is 14.2 Å². The van der Waals surface area contributed by atoms with E-state index in [-0.39, 0.29) is 13.4 Å². The quantitative estimate of drug-likeness (QED) is 0.938. The Morgan fingerprint density at radius 2 is 1.76 bits per heavy atom. The molecular weight excluding hydrogens is 268 g/mol. The lowest BCUT2D eigenvalue weighted by Gasteiger charge is -2.14. The standard InChI is InChI=1S/C17H18O4/c1-11-5-12(2)7-13(6-11)15(18)9-19-14-3-4-16-17(8-14)21-10-20-16/h3-8,15,18H,9-10H2,1-2H3. The topological polar surface area (TPSA) is 47.9 Å². The van der Waals surface area contributed by atoms with E-state index in [1.54, 1.807) is 12.1 Å². The maximum Gasteiger partial charge on any atom is 0.231 e. The third-order valence-corrected chi connectivity index (χ3v) is 3.38. The first-order valence-corrected chi connectivity index (χ1v) is 6.90. The third kappa shape index (κ3) is 3.11. The number of benzene rings is 2. The molecule has 1 unspecified atom stereocenters. The smallest absolute Gasteiger partial charge is 0.231 e. The first-order chi connectivity index (χ1) is 10.1. The van der Waals surface area contributed by atoms with E-state index in [1.807, 2.05) is 32.0 Å². The molecular formula is C17H18O4. The fourth-order valence-electron chi connectivity index (χ4n) is 2.44. The Balaban J connectivity index is 1.66. The summed E-state index contributed by atoms with van der Waals surface area (Å²) in [6.07, 6.45) is -0.658. The Labute approximate surface area is 123 Å². The van der Waals surface area contributed by atoms with Crippen LogP contribution in [-0.4, -0.2) is 18.5 Å². The Morgan fingerprint density at radius 3 is 2.52 bits per heavy atom. The van der Waals surface area contributed by atoms with Crippen LogP contribution in [0, 0.1) is 13.8 Å². The van der Waals surface area contributed by atoms with Crippen LogP contribution in [0.1, 0.15) is 22.8 Å². The van der Waals surface area contributed by atoms with Gasteiger partial charge in [-0.3, -0.25) is 0 Å². The van der Waals surface area contributed by atoms with Crippen LogP contribution >= 0.6 is 0 Å². The van der Waals surface area contributed by atoms with Gasteiger partial charge in [0.15, 0.2) is 11.5 Å². The minimum Gasteiger partial charge on any atom is -0.490 e. The average molecular weight is 286 g/mol. The van der Waals surface area contributed by atoms with E-state index < -0.39 is 6.10 Å². The third-order valence-electron chi connectivity index (χ3n) is 3.38. The molecule has 110 valence electrons. The highest BCUT2D eigenvalue weighted by Crippen LogP contribution is 2.35. The van der Waals surface area contributed by atoms with Crippen molar-refractivity contribution in [1.82, 2.24) is 0 Å². The molecule has 1 aliphatic heterocycles. The number of fused-ring (bicyclic) bond motifs is 1. The van der Waals surface area contributed by atoms with E-state index in [0.29, 0.717) is 11.5 Å². The first kappa shape index (κ1) is 13.8. The molecule has 1 aliphatic rings. The molecule has 21 heavy (non-hydrogen) atoms. The van der Waals surface area contributed by atoms with Gasteiger partial charge in [0.2, 0.25) is 6.79 Å². The molecule has 0 saturated carbocycles. The number of hydrogen-bond acceptors (Lipinski definition) is 4. The monoisotopic (exact) mass is 286 g/mol. The van der Waals surface area contributed by atoms with Crippen molar-refractivity contribution in [3.8, 4) is 17.2 Å². The van der Waals surface area contributed by atoms with Crippen LogP contribution in [0.4, 0.5) is 0 Å². The minimum atomic E-state index is -0.658. The van der Waals surface area contributed by atoms with E-state index in [2.05, 4.69) is 6.07 Å². The van der Waals surface area contributed by atoms with Crippen molar-refractivity contribution in [2.75, 3.05) is 13.4 Å². The van der Waals surface area contributed by atoms with Gasteiger partial charge in [-0.05, 0) is 31.5 Å². The Bertz CT molecular complexity index is 631. The zero-order valence-electron chi connectivity index (χ0n) is 12.1. The van der Waals surface area contributed by atoms with Gasteiger partial charge in [-0.1, -0.05) is 29.3 Å². The molecule has 1 atom stereocenters. The van der Waals surface area contributed by atoms with E-state index in [0.717, 1.165) is 22.4 Å². The molecule has 3 rings (SSSR count). The molecule has 0 bridgehead atoms. The summed E-state index contributed by atoms with van der Waals surface area (Å²) in [5, 5.41) is 10.2. The van der Waals surface area contributed by atoms with E-state index >= 15 is 0 Å². The van der Waals surface area contributed by atoms with Gasteiger partial charge in [0, 0.05) is 6.07 Å². The van der Waals surface area contributed by atoms with Crippen molar-refractivity contribution in [3.05, 3.63) is 53.1 Å². The predicted octanol–water partition coefficient (Wildman–Crippen LogP) is 3.14. The van der Waals surface area contributed by atoms with Gasteiger partial charge in [0.25, 0.3) is 0 Å². The van der Waals surface area contributed by atoms with Crippen LogP contribution in [-0.2, 0) is 0 Å². The van der Waals surface area contributed by atoms with Crippen molar-refractivity contribution in [1.29, 1.82) is 0 Å². The number of ether oxygens (including phenoxy) is 3. The fourth-order valence-corrected chi connectivity index (χ4v) is 2.44. The van der Waals surface area contributed by atoms with Gasteiger partial charge < -0.3 is 19.3 Å². The predicted molar refractivity (Wildman–Crippen MR) is 78.9 cm³/mol. The second-order valence-corrected chi connectivity index (χ2v) is 5.26. The summed E-state index contributed by atoms with van der Waals surface area (Å²) in [4.78, 5) is 0. The van der Waals surface area contributed by atoms with Crippen LogP contribution < -0.4 is 14.2 Å². The molecule has 0 saturated heterocycles. The highest BCUT2D eigenvalue weighted by molar-refractivity contribution is 5.46. The molecule has 0 aromatic heterocycles. The minimum absolute atomic E-state index is 0.197. The first-order valence-electron chi connectivity index (χ1n) is 6.90. The molecule has 1 heterocycles. The second kappa shape index (κ2) is 5.66.